The number of amides is 2. The van der Waals surface area contributed by atoms with Crippen LogP contribution in [0.1, 0.15) is 54.9 Å². The number of aliphatic hydroxyl groups is 1. The molecule has 35 heavy (non-hydrogen) atoms. The van der Waals surface area contributed by atoms with Crippen molar-refractivity contribution in [1.29, 1.82) is 0 Å². The van der Waals surface area contributed by atoms with Crippen molar-refractivity contribution in [3.8, 4) is 11.1 Å². The molecule has 1 saturated heterocycles. The van der Waals surface area contributed by atoms with E-state index < -0.39 is 0 Å². The van der Waals surface area contributed by atoms with Crippen LogP contribution in [0.3, 0.4) is 0 Å². The van der Waals surface area contributed by atoms with Gasteiger partial charge in [-0.3, -0.25) is 9.59 Å². The van der Waals surface area contributed by atoms with E-state index in [4.69, 9.17) is 5.73 Å². The lowest BCUT2D eigenvalue weighted by Crippen LogP contribution is -2.35. The number of rotatable bonds is 8. The van der Waals surface area contributed by atoms with Crippen LogP contribution in [0, 0.1) is 0 Å². The second-order valence-electron chi connectivity index (χ2n) is 9.17. The number of benzene rings is 2. The molecule has 184 valence electrons. The van der Waals surface area contributed by atoms with Crippen molar-refractivity contribution < 1.29 is 14.7 Å². The van der Waals surface area contributed by atoms with Crippen LogP contribution in [0.2, 0.25) is 0 Å². The van der Waals surface area contributed by atoms with Crippen LogP contribution in [0.25, 0.3) is 17.2 Å². The highest BCUT2D eigenvalue weighted by Gasteiger charge is 2.22. The number of aliphatic imine (C=N–C) groups is 1. The number of aliphatic hydroxyl groups excluding tert-OH is 1. The summed E-state index contributed by atoms with van der Waals surface area (Å²) in [4.78, 5) is 34.1. The monoisotopic (exact) mass is 474 g/mol. The molecule has 1 fully saturated rings. The highest BCUT2D eigenvalue weighted by molar-refractivity contribution is 6.05. The molecule has 0 saturated carbocycles. The summed E-state index contributed by atoms with van der Waals surface area (Å²) in [6.07, 6.45) is 5.70. The smallest absolute Gasteiger partial charge is 0.253 e. The van der Waals surface area contributed by atoms with Gasteiger partial charge in [0, 0.05) is 55.9 Å². The molecule has 7 heteroatoms. The fraction of sp³-hybridized carbons (Fsp3) is 0.393. The van der Waals surface area contributed by atoms with Gasteiger partial charge < -0.3 is 20.6 Å². The third kappa shape index (κ3) is 5.80. The summed E-state index contributed by atoms with van der Waals surface area (Å²) in [5, 5.41) is 9.19. The van der Waals surface area contributed by atoms with Crippen molar-refractivity contribution in [3.05, 3.63) is 59.2 Å². The lowest BCUT2D eigenvalue weighted by atomic mass is 9.99. The van der Waals surface area contributed by atoms with Gasteiger partial charge >= 0.3 is 0 Å². The molecule has 0 spiro atoms. The van der Waals surface area contributed by atoms with Crippen molar-refractivity contribution in [2.24, 2.45) is 10.7 Å². The van der Waals surface area contributed by atoms with Gasteiger partial charge in [0.2, 0.25) is 5.91 Å². The fourth-order valence-electron chi connectivity index (χ4n) is 4.67. The molecule has 2 amide bonds. The zero-order valence-corrected chi connectivity index (χ0v) is 20.4. The van der Waals surface area contributed by atoms with Gasteiger partial charge in [0.15, 0.2) is 0 Å². The Labute approximate surface area is 206 Å². The van der Waals surface area contributed by atoms with Crippen molar-refractivity contribution in [1.82, 2.24) is 9.80 Å². The maximum atomic E-state index is 13.2. The molecule has 4 rings (SSSR count). The number of nitrogens with two attached hydrogens (primary N) is 1. The Hall–Kier alpha value is -3.45. The zero-order valence-electron chi connectivity index (χ0n) is 20.4. The molecule has 0 radical (unpaired) electrons. The van der Waals surface area contributed by atoms with E-state index in [0.717, 1.165) is 54.7 Å². The fourth-order valence-corrected chi connectivity index (χ4v) is 4.67. The Morgan fingerprint density at radius 2 is 1.77 bits per heavy atom. The van der Waals surface area contributed by atoms with Crippen LogP contribution in [0.5, 0.6) is 0 Å². The summed E-state index contributed by atoms with van der Waals surface area (Å²) in [5.41, 5.74) is 11.0. The van der Waals surface area contributed by atoms with Gasteiger partial charge in [-0.25, -0.2) is 4.99 Å². The van der Waals surface area contributed by atoms with E-state index in [2.05, 4.69) is 4.99 Å². The molecule has 2 aromatic carbocycles. The molecule has 0 atom stereocenters. The van der Waals surface area contributed by atoms with E-state index in [9.17, 15) is 14.7 Å². The summed E-state index contributed by atoms with van der Waals surface area (Å²) in [6.45, 7) is 4.90. The first-order valence-corrected chi connectivity index (χ1v) is 12.5. The lowest BCUT2D eigenvalue weighted by molar-refractivity contribution is -0.127. The summed E-state index contributed by atoms with van der Waals surface area (Å²) in [7, 11) is 0. The Morgan fingerprint density at radius 3 is 2.46 bits per heavy atom. The third-order valence-electron chi connectivity index (χ3n) is 6.50. The summed E-state index contributed by atoms with van der Waals surface area (Å²) >= 11 is 0. The Balaban J connectivity index is 1.57. The zero-order chi connectivity index (χ0) is 24.8. The van der Waals surface area contributed by atoms with Crippen LogP contribution >= 0.6 is 0 Å². The molecule has 0 unspecified atom stereocenters. The predicted molar refractivity (Wildman–Crippen MR) is 139 cm³/mol. The van der Waals surface area contributed by atoms with Gasteiger partial charge in [-0.1, -0.05) is 31.2 Å². The number of nitrogens with zero attached hydrogens (tertiary/aromatic N) is 3. The van der Waals surface area contributed by atoms with Crippen LogP contribution in [0.15, 0.2) is 53.0 Å². The number of hydrogen-bond acceptors (Lipinski definition) is 5. The second kappa shape index (κ2) is 11.3. The Kier molecular flexibility index (Phi) is 7.98. The van der Waals surface area contributed by atoms with E-state index >= 15 is 0 Å². The van der Waals surface area contributed by atoms with E-state index in [1.54, 1.807) is 4.90 Å². The van der Waals surface area contributed by atoms with Gasteiger partial charge in [0.1, 0.15) is 5.84 Å². The van der Waals surface area contributed by atoms with Crippen molar-refractivity contribution in [2.75, 3.05) is 32.8 Å². The molecular weight excluding hydrogens is 440 g/mol. The quantitative estimate of drug-likeness (QED) is 0.604. The first-order chi connectivity index (χ1) is 17.0. The number of fused-ring (bicyclic) bond motifs is 1. The Morgan fingerprint density at radius 1 is 1.06 bits per heavy atom. The standard InChI is InChI=1S/C28H34N4O3/c1-2-12-31(15-5-16-33)28(35)24-17-23-11-10-22(18-25(23)30-26(29)19-24)20-6-8-21(9-7-20)27(34)32-13-3-4-14-32/h6-11,17-18,33H,2-5,12-16,19H2,1H3,(H2,29,30). The summed E-state index contributed by atoms with van der Waals surface area (Å²) in [6, 6.07) is 13.6. The maximum Gasteiger partial charge on any atom is 0.253 e. The van der Waals surface area contributed by atoms with Gasteiger partial charge in [-0.2, -0.15) is 0 Å². The average Bonchev–Trinajstić information content (AvgIpc) is 3.35. The van der Waals surface area contributed by atoms with Gasteiger partial charge in [0.25, 0.3) is 5.91 Å². The number of hydrogen-bond donors (Lipinski definition) is 2. The minimum atomic E-state index is -0.0614. The molecule has 3 N–H and O–H groups in total. The number of amidine groups is 1. The lowest BCUT2D eigenvalue weighted by Gasteiger charge is -2.23. The third-order valence-corrected chi connectivity index (χ3v) is 6.50. The number of likely N-dealkylation sites (tertiary alicyclic amines) is 1. The van der Waals surface area contributed by atoms with Crippen molar-refractivity contribution in [2.45, 2.75) is 39.0 Å². The minimum absolute atomic E-state index is 0.0507. The number of carbonyl (C=O) groups is 2. The van der Waals surface area contributed by atoms with E-state index in [-0.39, 0.29) is 24.8 Å². The van der Waals surface area contributed by atoms with E-state index in [1.165, 1.54) is 0 Å². The van der Waals surface area contributed by atoms with Crippen LogP contribution < -0.4 is 5.73 Å². The van der Waals surface area contributed by atoms with E-state index in [1.807, 2.05) is 60.4 Å². The molecule has 7 nitrogen and oxygen atoms in total. The van der Waals surface area contributed by atoms with Crippen molar-refractivity contribution >= 4 is 29.4 Å². The molecule has 2 aliphatic rings. The highest BCUT2D eigenvalue weighted by atomic mass is 16.3. The van der Waals surface area contributed by atoms with Gasteiger partial charge in [-0.05, 0) is 61.1 Å². The van der Waals surface area contributed by atoms with Gasteiger partial charge in [0.05, 0.1) is 5.69 Å². The minimum Gasteiger partial charge on any atom is -0.396 e. The molecule has 0 bridgehead atoms. The van der Waals surface area contributed by atoms with Crippen molar-refractivity contribution in [3.63, 3.8) is 0 Å². The normalized spacial score (nSPS) is 15.2. The molecule has 2 aromatic rings. The van der Waals surface area contributed by atoms with Crippen LogP contribution in [0.4, 0.5) is 5.69 Å². The Bertz CT molecular complexity index is 1130. The SMILES string of the molecule is CCCN(CCCO)C(=O)C1=Cc2ccc(-c3ccc(C(=O)N4CCCC4)cc3)cc2N=C(N)C1. The van der Waals surface area contributed by atoms with Crippen LogP contribution in [-0.2, 0) is 4.79 Å². The average molecular weight is 475 g/mol. The topological polar surface area (TPSA) is 99.2 Å². The predicted octanol–water partition coefficient (Wildman–Crippen LogP) is 3.99. The van der Waals surface area contributed by atoms with E-state index in [0.29, 0.717) is 36.5 Å². The van der Waals surface area contributed by atoms with Gasteiger partial charge in [-0.15, -0.1) is 0 Å². The molecule has 0 aliphatic carbocycles. The largest absolute Gasteiger partial charge is 0.396 e. The first-order valence-electron chi connectivity index (χ1n) is 12.5. The molecule has 0 aromatic heterocycles. The molecule has 2 heterocycles. The van der Waals surface area contributed by atoms with Crippen LogP contribution in [-0.4, -0.2) is 65.3 Å². The first kappa shape index (κ1) is 24.7. The highest BCUT2D eigenvalue weighted by Crippen LogP contribution is 2.32. The second-order valence-corrected chi connectivity index (χ2v) is 9.17. The summed E-state index contributed by atoms with van der Waals surface area (Å²) in [5.74, 6) is 0.422. The maximum absolute atomic E-state index is 13.2. The molecular formula is C28H34N4O3. The molecule has 2 aliphatic heterocycles. The summed E-state index contributed by atoms with van der Waals surface area (Å²) < 4.78 is 0. The number of carbonyl (C=O) groups excluding carboxylic acids is 2.